The van der Waals surface area contributed by atoms with Crippen molar-refractivity contribution in [2.75, 3.05) is 0 Å². The van der Waals surface area contributed by atoms with E-state index in [-0.39, 0.29) is 35.7 Å². The van der Waals surface area contributed by atoms with Crippen molar-refractivity contribution in [3.8, 4) is 0 Å². The molecule has 0 heterocycles. The fourth-order valence-electron chi connectivity index (χ4n) is 3.82. The van der Waals surface area contributed by atoms with Gasteiger partial charge in [0.05, 0.1) is 16.2 Å². The summed E-state index contributed by atoms with van der Waals surface area (Å²) >= 11 is 0. The van der Waals surface area contributed by atoms with Gasteiger partial charge >= 0.3 is 29.6 Å². The summed E-state index contributed by atoms with van der Waals surface area (Å²) in [6, 6.07) is 0. The van der Waals surface area contributed by atoms with Gasteiger partial charge in [0, 0.05) is 5.25 Å². The van der Waals surface area contributed by atoms with Gasteiger partial charge in [0.25, 0.3) is 0 Å². The average Bonchev–Trinajstić information content (AvgIpc) is 2.64. The summed E-state index contributed by atoms with van der Waals surface area (Å²) in [7, 11) is -4.22. The third-order valence-electron chi connectivity index (χ3n) is 5.74. The summed E-state index contributed by atoms with van der Waals surface area (Å²) < 4.78 is 34.3. The number of hydrogen-bond acceptors (Lipinski definition) is 4. The Hall–Kier alpha value is 0.870. The summed E-state index contributed by atoms with van der Waals surface area (Å²) in [6.45, 7) is 4.35. The second-order valence-electron chi connectivity index (χ2n) is 8.52. The molecule has 0 aromatic heterocycles. The largest absolute Gasteiger partial charge is 1.00 e. The van der Waals surface area contributed by atoms with Crippen LogP contribution in [0.15, 0.2) is 0 Å². The van der Waals surface area contributed by atoms with Gasteiger partial charge in [-0.25, -0.2) is 8.42 Å². The Labute approximate surface area is 204 Å². The average molecular weight is 443 g/mol. The molecule has 0 radical (unpaired) electrons. The molecule has 0 aliphatic heterocycles. The molecule has 1 N–H and O–H groups in total. The minimum absolute atomic E-state index is 0. The minimum atomic E-state index is -4.22. The Morgan fingerprint density at radius 1 is 0.621 bits per heavy atom. The number of hydrogen-bond donors (Lipinski definition) is 1. The molecule has 0 aliphatic rings. The van der Waals surface area contributed by atoms with Crippen LogP contribution >= 0.6 is 0 Å². The van der Waals surface area contributed by atoms with E-state index in [2.05, 4.69) is 13.8 Å². The Kier molecular flexibility index (Phi) is 24.4. The first-order chi connectivity index (χ1) is 13.4. The normalized spacial score (nSPS) is 13.8. The van der Waals surface area contributed by atoms with Gasteiger partial charge in [0.2, 0.25) is 0 Å². The maximum Gasteiger partial charge on any atom is 1.00 e. The van der Waals surface area contributed by atoms with Crippen molar-refractivity contribution in [2.24, 2.45) is 0 Å². The second kappa shape index (κ2) is 22.1. The van der Waals surface area contributed by atoms with Crippen molar-refractivity contribution in [1.82, 2.24) is 0 Å². The van der Waals surface area contributed by atoms with Gasteiger partial charge in [0.15, 0.2) is 0 Å². The molecule has 0 saturated heterocycles. The third-order valence-corrected chi connectivity index (χ3v) is 7.03. The van der Waals surface area contributed by atoms with Gasteiger partial charge in [-0.2, -0.15) is 0 Å². The molecule has 170 valence electrons. The summed E-state index contributed by atoms with van der Waals surface area (Å²) in [5, 5.41) is 9.34. The maximum absolute atomic E-state index is 11.4. The summed E-state index contributed by atoms with van der Waals surface area (Å²) in [4.78, 5) is 0. The molecule has 4 nitrogen and oxygen atoms in total. The van der Waals surface area contributed by atoms with E-state index in [4.69, 9.17) is 0 Å². The second-order valence-corrected chi connectivity index (χ2v) is 10.2. The molecule has 0 bridgehead atoms. The van der Waals surface area contributed by atoms with E-state index in [1.54, 1.807) is 0 Å². The predicted molar refractivity (Wildman–Crippen MR) is 119 cm³/mol. The summed E-state index contributed by atoms with van der Waals surface area (Å²) in [6.07, 6.45) is 19.3. The summed E-state index contributed by atoms with van der Waals surface area (Å²) in [5.74, 6) is 0. The van der Waals surface area contributed by atoms with Crippen LogP contribution in [0.3, 0.4) is 0 Å². The zero-order valence-corrected chi connectivity index (χ0v) is 22.5. The van der Waals surface area contributed by atoms with Crippen LogP contribution in [0, 0.1) is 0 Å². The van der Waals surface area contributed by atoms with Crippen LogP contribution in [0.2, 0.25) is 0 Å². The van der Waals surface area contributed by atoms with E-state index >= 15 is 0 Å². The van der Waals surface area contributed by atoms with Crippen molar-refractivity contribution in [2.45, 2.75) is 147 Å². The quantitative estimate of drug-likeness (QED) is 0.167. The van der Waals surface area contributed by atoms with E-state index in [0.717, 1.165) is 38.5 Å². The van der Waals surface area contributed by atoms with Crippen LogP contribution in [0.1, 0.15) is 136 Å². The topological polar surface area (TPSA) is 77.4 Å². The molecule has 29 heavy (non-hydrogen) atoms. The van der Waals surface area contributed by atoms with Gasteiger partial charge in [-0.05, 0) is 32.1 Å². The first-order valence-corrected chi connectivity index (χ1v) is 13.5. The van der Waals surface area contributed by atoms with E-state index in [0.29, 0.717) is 25.7 Å². The maximum atomic E-state index is 11.4. The van der Waals surface area contributed by atoms with Gasteiger partial charge in [-0.15, -0.1) is 0 Å². The van der Waals surface area contributed by atoms with Crippen molar-refractivity contribution in [3.05, 3.63) is 0 Å². The minimum Gasteiger partial charge on any atom is -0.748 e. The molecule has 0 aromatic carbocycles. The van der Waals surface area contributed by atoms with Gasteiger partial charge in [-0.1, -0.05) is 104 Å². The standard InChI is InChI=1S/C23H48O4S.Na/c1-3-5-7-9-10-11-12-13-14-15-18-22(24)19-17-21-23(28(25,26)27)20-16-8-6-4-2;/h22-24H,3-21H2,1-2H3,(H,25,26,27);/q;+1/p-1. The van der Waals surface area contributed by atoms with E-state index in [1.165, 1.54) is 57.8 Å². The van der Waals surface area contributed by atoms with Crippen LogP contribution in [-0.4, -0.2) is 29.4 Å². The summed E-state index contributed by atoms with van der Waals surface area (Å²) in [5.41, 5.74) is 0. The Balaban J connectivity index is 0. The number of aliphatic hydroxyl groups is 1. The number of aliphatic hydroxyl groups excluding tert-OH is 1. The fourth-order valence-corrected chi connectivity index (χ4v) is 4.74. The number of unbranched alkanes of at least 4 members (excludes halogenated alkanes) is 12. The molecule has 2 atom stereocenters. The molecule has 0 amide bonds. The van der Waals surface area contributed by atoms with Crippen LogP contribution < -0.4 is 29.6 Å². The van der Waals surface area contributed by atoms with Crippen molar-refractivity contribution >= 4 is 10.1 Å². The molecule has 0 rings (SSSR count). The Morgan fingerprint density at radius 3 is 1.45 bits per heavy atom. The predicted octanol–water partition coefficient (Wildman–Crippen LogP) is 3.72. The van der Waals surface area contributed by atoms with Gasteiger partial charge < -0.3 is 9.66 Å². The molecule has 6 heteroatoms. The van der Waals surface area contributed by atoms with E-state index < -0.39 is 15.4 Å². The van der Waals surface area contributed by atoms with Gasteiger partial charge in [0.1, 0.15) is 0 Å². The van der Waals surface area contributed by atoms with Crippen molar-refractivity contribution < 1.29 is 47.6 Å². The zero-order valence-electron chi connectivity index (χ0n) is 19.7. The molecular formula is C23H47NaO4S. The Morgan fingerprint density at radius 2 is 0.966 bits per heavy atom. The first-order valence-electron chi connectivity index (χ1n) is 12.0. The van der Waals surface area contributed by atoms with Crippen molar-refractivity contribution in [1.29, 1.82) is 0 Å². The third kappa shape index (κ3) is 21.9. The Bertz CT molecular complexity index is 429. The molecule has 0 fully saturated rings. The van der Waals surface area contributed by atoms with Crippen LogP contribution in [-0.2, 0) is 10.1 Å². The smallest absolute Gasteiger partial charge is 0.748 e. The molecule has 0 saturated carbocycles. The van der Waals surface area contributed by atoms with E-state index in [1.807, 2.05) is 0 Å². The van der Waals surface area contributed by atoms with Gasteiger partial charge in [-0.3, -0.25) is 0 Å². The molecule has 2 unspecified atom stereocenters. The fraction of sp³-hybridized carbons (Fsp3) is 1.00. The molecular weight excluding hydrogens is 395 g/mol. The van der Waals surface area contributed by atoms with Crippen molar-refractivity contribution in [3.63, 3.8) is 0 Å². The van der Waals surface area contributed by atoms with Crippen LogP contribution in [0.5, 0.6) is 0 Å². The number of rotatable bonds is 21. The SMILES string of the molecule is CCCCCCCCCCCCC(O)CCCC(CCCCCC)S(=O)(=O)[O-].[Na+]. The van der Waals surface area contributed by atoms with Crippen LogP contribution in [0.25, 0.3) is 0 Å². The molecule has 0 aromatic rings. The monoisotopic (exact) mass is 442 g/mol. The molecule has 0 aliphatic carbocycles. The first kappa shape index (κ1) is 32.1. The van der Waals surface area contributed by atoms with E-state index in [9.17, 15) is 18.1 Å². The zero-order chi connectivity index (χ0) is 21.1. The molecule has 0 spiro atoms. The van der Waals surface area contributed by atoms with Crippen LogP contribution in [0.4, 0.5) is 0 Å².